The molecule has 0 spiro atoms. The van der Waals surface area contributed by atoms with Gasteiger partial charge >= 0.3 is 0 Å². The Hall–Kier alpha value is -2.34. The number of carbonyl (C=O) groups is 1. The van der Waals surface area contributed by atoms with Crippen molar-refractivity contribution in [2.45, 2.75) is 45.6 Å². The molecule has 2 rings (SSSR count). The molecular formula is C22H25F3O3. The summed E-state index contributed by atoms with van der Waals surface area (Å²) in [4.78, 5) is 12.3. The van der Waals surface area contributed by atoms with Crippen LogP contribution in [0, 0.1) is 17.5 Å². The first-order chi connectivity index (χ1) is 13.4. The van der Waals surface area contributed by atoms with E-state index in [2.05, 4.69) is 0 Å². The molecule has 1 unspecified atom stereocenters. The van der Waals surface area contributed by atoms with Crippen LogP contribution in [0.5, 0.6) is 5.75 Å². The Balaban J connectivity index is 2.20. The van der Waals surface area contributed by atoms with Gasteiger partial charge in [0.15, 0.2) is 17.3 Å². The highest BCUT2D eigenvalue weighted by molar-refractivity contribution is 5.96. The molecule has 3 nitrogen and oxygen atoms in total. The first kappa shape index (κ1) is 22.0. The summed E-state index contributed by atoms with van der Waals surface area (Å²) >= 11 is 0. The predicted octanol–water partition coefficient (Wildman–Crippen LogP) is 5.95. The minimum absolute atomic E-state index is 0.0148. The highest BCUT2D eigenvalue weighted by atomic mass is 19.2. The number of carbonyl (C=O) groups excluding carboxylic acids is 1. The molecule has 0 fully saturated rings. The molecule has 0 bridgehead atoms. The minimum Gasteiger partial charge on any atom is -0.491 e. The van der Waals surface area contributed by atoms with E-state index in [1.807, 2.05) is 6.92 Å². The van der Waals surface area contributed by atoms with Crippen molar-refractivity contribution in [3.05, 3.63) is 53.3 Å². The van der Waals surface area contributed by atoms with Crippen LogP contribution in [-0.2, 0) is 4.74 Å². The number of ketones is 1. The lowest BCUT2D eigenvalue weighted by Gasteiger charge is -2.14. The second kappa shape index (κ2) is 10.3. The molecule has 0 N–H and O–H groups in total. The first-order valence-electron chi connectivity index (χ1n) is 9.39. The number of hydrogen-bond donors (Lipinski definition) is 0. The summed E-state index contributed by atoms with van der Waals surface area (Å²) in [6.07, 6.45) is 2.55. The van der Waals surface area contributed by atoms with Gasteiger partial charge < -0.3 is 9.47 Å². The van der Waals surface area contributed by atoms with Crippen LogP contribution in [0.1, 0.15) is 49.9 Å². The third-order valence-corrected chi connectivity index (χ3v) is 4.57. The number of methoxy groups -OCH3 is 1. The van der Waals surface area contributed by atoms with Crippen LogP contribution in [0.4, 0.5) is 13.2 Å². The molecular weight excluding hydrogens is 369 g/mol. The highest BCUT2D eigenvalue weighted by Gasteiger charge is 2.19. The smallest absolute Gasteiger partial charge is 0.201 e. The van der Waals surface area contributed by atoms with E-state index in [1.165, 1.54) is 24.3 Å². The summed E-state index contributed by atoms with van der Waals surface area (Å²) in [6.45, 7) is 3.87. The molecule has 0 amide bonds. The quantitative estimate of drug-likeness (QED) is 0.467. The SMILES string of the molecule is CCCC(CCC(=O)c1ccc(-c2ccc(OCC)c(F)c2F)c(F)c1)OC. The van der Waals surface area contributed by atoms with Crippen molar-refractivity contribution in [2.24, 2.45) is 0 Å². The molecule has 0 aliphatic carbocycles. The third-order valence-electron chi connectivity index (χ3n) is 4.57. The maximum Gasteiger partial charge on any atom is 0.201 e. The van der Waals surface area contributed by atoms with Gasteiger partial charge in [-0.05, 0) is 38.0 Å². The zero-order valence-corrected chi connectivity index (χ0v) is 16.4. The van der Waals surface area contributed by atoms with E-state index in [-0.39, 0.29) is 47.4 Å². The average Bonchev–Trinajstić information content (AvgIpc) is 2.69. The largest absolute Gasteiger partial charge is 0.491 e. The van der Waals surface area contributed by atoms with Crippen molar-refractivity contribution in [2.75, 3.05) is 13.7 Å². The van der Waals surface area contributed by atoms with Crippen LogP contribution in [0.3, 0.4) is 0 Å². The lowest BCUT2D eigenvalue weighted by Crippen LogP contribution is -2.12. The number of halogens is 3. The zero-order chi connectivity index (χ0) is 20.7. The molecule has 2 aromatic carbocycles. The molecule has 1 atom stereocenters. The lowest BCUT2D eigenvalue weighted by atomic mass is 9.98. The van der Waals surface area contributed by atoms with Crippen LogP contribution in [-0.4, -0.2) is 25.6 Å². The number of rotatable bonds is 10. The summed E-state index contributed by atoms with van der Waals surface area (Å²) in [6, 6.07) is 6.30. The second-order valence-corrected chi connectivity index (χ2v) is 6.48. The van der Waals surface area contributed by atoms with Crippen LogP contribution >= 0.6 is 0 Å². The Bertz CT molecular complexity index is 821. The monoisotopic (exact) mass is 394 g/mol. The number of Topliss-reactive ketones (excluding diaryl/α,β-unsaturated/α-hetero) is 1. The van der Waals surface area contributed by atoms with Gasteiger partial charge in [0.25, 0.3) is 0 Å². The molecule has 2 aromatic rings. The Morgan fingerprint density at radius 2 is 1.71 bits per heavy atom. The van der Waals surface area contributed by atoms with Crippen LogP contribution < -0.4 is 4.74 Å². The Labute approximate surface area is 163 Å². The van der Waals surface area contributed by atoms with Crippen molar-refractivity contribution < 1.29 is 27.4 Å². The topological polar surface area (TPSA) is 35.5 Å². The average molecular weight is 394 g/mol. The maximum absolute atomic E-state index is 14.5. The lowest BCUT2D eigenvalue weighted by molar-refractivity contribution is 0.0769. The first-order valence-corrected chi connectivity index (χ1v) is 9.39. The van der Waals surface area contributed by atoms with Crippen molar-refractivity contribution in [3.63, 3.8) is 0 Å². The summed E-state index contributed by atoms with van der Waals surface area (Å²) in [5.41, 5.74) is -0.143. The van der Waals surface area contributed by atoms with Crippen molar-refractivity contribution in [1.82, 2.24) is 0 Å². The van der Waals surface area contributed by atoms with Crippen molar-refractivity contribution in [1.29, 1.82) is 0 Å². The zero-order valence-electron chi connectivity index (χ0n) is 16.4. The molecule has 0 saturated carbocycles. The van der Waals surface area contributed by atoms with Crippen LogP contribution in [0.2, 0.25) is 0 Å². The van der Waals surface area contributed by atoms with Gasteiger partial charge in [-0.25, -0.2) is 8.78 Å². The molecule has 0 aliphatic heterocycles. The Kier molecular flexibility index (Phi) is 8.05. The van der Waals surface area contributed by atoms with Crippen LogP contribution in [0.15, 0.2) is 30.3 Å². The Morgan fingerprint density at radius 3 is 2.32 bits per heavy atom. The van der Waals surface area contributed by atoms with E-state index in [1.54, 1.807) is 14.0 Å². The molecule has 28 heavy (non-hydrogen) atoms. The maximum atomic E-state index is 14.5. The minimum atomic E-state index is -1.19. The van der Waals surface area contributed by atoms with E-state index in [9.17, 15) is 18.0 Å². The predicted molar refractivity (Wildman–Crippen MR) is 102 cm³/mol. The fraction of sp³-hybridized carbons (Fsp3) is 0.409. The van der Waals surface area contributed by atoms with Crippen LogP contribution in [0.25, 0.3) is 11.1 Å². The molecule has 0 aliphatic rings. The van der Waals surface area contributed by atoms with Crippen molar-refractivity contribution >= 4 is 5.78 Å². The van der Waals surface area contributed by atoms with E-state index < -0.39 is 17.5 Å². The van der Waals surface area contributed by atoms with E-state index >= 15 is 0 Å². The number of hydrogen-bond acceptors (Lipinski definition) is 3. The number of ether oxygens (including phenoxy) is 2. The highest BCUT2D eigenvalue weighted by Crippen LogP contribution is 2.32. The number of benzene rings is 2. The molecule has 0 radical (unpaired) electrons. The van der Waals surface area contributed by atoms with Gasteiger partial charge in [-0.2, -0.15) is 4.39 Å². The van der Waals surface area contributed by atoms with Gasteiger partial charge in [0.1, 0.15) is 5.82 Å². The second-order valence-electron chi connectivity index (χ2n) is 6.48. The molecule has 0 heterocycles. The summed E-state index contributed by atoms with van der Waals surface area (Å²) in [5.74, 6) is -3.59. The van der Waals surface area contributed by atoms with Gasteiger partial charge in [-0.3, -0.25) is 4.79 Å². The molecule has 0 aromatic heterocycles. The normalized spacial score (nSPS) is 12.1. The fourth-order valence-electron chi connectivity index (χ4n) is 3.05. The summed E-state index contributed by atoms with van der Waals surface area (Å²) in [5, 5.41) is 0. The Morgan fingerprint density at radius 1 is 1.00 bits per heavy atom. The van der Waals surface area contributed by atoms with Gasteiger partial charge in [-0.1, -0.05) is 25.5 Å². The van der Waals surface area contributed by atoms with E-state index in [0.717, 1.165) is 18.9 Å². The van der Waals surface area contributed by atoms with Gasteiger partial charge in [0.2, 0.25) is 5.82 Å². The third kappa shape index (κ3) is 5.13. The van der Waals surface area contributed by atoms with E-state index in [4.69, 9.17) is 9.47 Å². The van der Waals surface area contributed by atoms with E-state index in [0.29, 0.717) is 6.42 Å². The standard InChI is InChI=1S/C22H25F3O3/c1-4-6-15(27-3)8-11-19(26)14-7-9-16(18(23)13-14)17-10-12-20(28-5-2)22(25)21(17)24/h7,9-10,12-13,15H,4-6,8,11H2,1-3H3. The summed E-state index contributed by atoms with van der Waals surface area (Å²) < 4.78 is 53.2. The van der Waals surface area contributed by atoms with Gasteiger partial charge in [0.05, 0.1) is 12.7 Å². The van der Waals surface area contributed by atoms with Gasteiger partial charge in [-0.15, -0.1) is 0 Å². The molecule has 6 heteroatoms. The molecule has 0 saturated heterocycles. The summed E-state index contributed by atoms with van der Waals surface area (Å²) in [7, 11) is 1.60. The van der Waals surface area contributed by atoms with Crippen molar-refractivity contribution in [3.8, 4) is 16.9 Å². The van der Waals surface area contributed by atoms with Gasteiger partial charge in [0, 0.05) is 30.2 Å². The fourth-order valence-corrected chi connectivity index (χ4v) is 3.05. The molecule has 152 valence electrons.